The molecule has 1 heterocycles. The zero-order valence-corrected chi connectivity index (χ0v) is 16.6. The number of imidazole rings is 1. The number of nitrogens with zero attached hydrogens (tertiary/aromatic N) is 2. The Hall–Kier alpha value is -3.22. The molecule has 0 spiro atoms. The van der Waals surface area contributed by atoms with Gasteiger partial charge in [0.2, 0.25) is 5.91 Å². The number of anilines is 1. The number of hydrogen-bond acceptors (Lipinski definition) is 4. The van der Waals surface area contributed by atoms with Gasteiger partial charge in [0.15, 0.2) is 11.5 Å². The van der Waals surface area contributed by atoms with E-state index in [0.29, 0.717) is 23.7 Å². The molecular weight excluding hydrogens is 358 g/mol. The fourth-order valence-electron chi connectivity index (χ4n) is 3.31. The molecular formula is C21H25N3O4. The number of benzene rings is 2. The lowest BCUT2D eigenvalue weighted by Crippen LogP contribution is -2.29. The van der Waals surface area contributed by atoms with Crippen LogP contribution in [-0.2, 0) is 17.9 Å². The molecule has 0 atom stereocenters. The minimum absolute atomic E-state index is 0.0656. The van der Waals surface area contributed by atoms with E-state index in [9.17, 15) is 9.59 Å². The van der Waals surface area contributed by atoms with Crippen LogP contribution in [0.4, 0.5) is 5.69 Å². The Bertz CT molecular complexity index is 1070. The van der Waals surface area contributed by atoms with Crippen molar-refractivity contribution in [3.8, 4) is 11.5 Å². The highest BCUT2D eigenvalue weighted by Crippen LogP contribution is 2.32. The number of amides is 1. The first-order valence-corrected chi connectivity index (χ1v) is 9.20. The van der Waals surface area contributed by atoms with Crippen LogP contribution in [0.25, 0.3) is 11.0 Å². The number of carbonyl (C=O) groups excluding carboxylic acids is 1. The van der Waals surface area contributed by atoms with Gasteiger partial charge in [-0.05, 0) is 37.1 Å². The summed E-state index contributed by atoms with van der Waals surface area (Å²) in [6.45, 7) is 4.44. The van der Waals surface area contributed by atoms with Crippen LogP contribution in [0.3, 0.4) is 0 Å². The summed E-state index contributed by atoms with van der Waals surface area (Å²) >= 11 is 0. The van der Waals surface area contributed by atoms with E-state index in [1.165, 1.54) is 4.57 Å². The van der Waals surface area contributed by atoms with Gasteiger partial charge in [-0.3, -0.25) is 13.9 Å². The third kappa shape index (κ3) is 3.60. The summed E-state index contributed by atoms with van der Waals surface area (Å²) in [5, 5.41) is 2.87. The summed E-state index contributed by atoms with van der Waals surface area (Å²) < 4.78 is 13.8. The number of rotatable bonds is 7. The molecule has 0 fully saturated rings. The molecule has 0 saturated carbocycles. The van der Waals surface area contributed by atoms with Gasteiger partial charge in [-0.1, -0.05) is 19.1 Å². The zero-order valence-electron chi connectivity index (χ0n) is 16.6. The summed E-state index contributed by atoms with van der Waals surface area (Å²) in [7, 11) is 3.11. The van der Waals surface area contributed by atoms with Crippen molar-refractivity contribution in [1.82, 2.24) is 9.13 Å². The van der Waals surface area contributed by atoms with Crippen molar-refractivity contribution in [1.29, 1.82) is 0 Å². The molecule has 28 heavy (non-hydrogen) atoms. The van der Waals surface area contributed by atoms with Crippen molar-refractivity contribution < 1.29 is 14.3 Å². The minimum atomic E-state index is -0.281. The fraction of sp³-hybridized carbons (Fsp3) is 0.333. The second kappa shape index (κ2) is 8.21. The molecule has 2 aromatic carbocycles. The molecule has 1 N–H and O–H groups in total. The van der Waals surface area contributed by atoms with E-state index in [1.54, 1.807) is 30.9 Å². The number of methoxy groups -OCH3 is 2. The summed E-state index contributed by atoms with van der Waals surface area (Å²) in [6.07, 6.45) is 0.838. The van der Waals surface area contributed by atoms with Gasteiger partial charge in [-0.25, -0.2) is 4.79 Å². The molecule has 0 unspecified atom stereocenters. The number of ether oxygens (including phenoxy) is 2. The highest BCUT2D eigenvalue weighted by atomic mass is 16.5. The SMILES string of the molecule is CCCn1c(=O)n(CC(=O)Nc2cc(OC)c(OC)cc2C)c2ccccc21. The number of para-hydroxylation sites is 2. The molecule has 1 aromatic heterocycles. The predicted molar refractivity (Wildman–Crippen MR) is 109 cm³/mol. The van der Waals surface area contributed by atoms with Gasteiger partial charge in [0, 0.05) is 18.3 Å². The molecule has 0 aliphatic heterocycles. The molecule has 7 nitrogen and oxygen atoms in total. The van der Waals surface area contributed by atoms with E-state index in [0.717, 1.165) is 23.0 Å². The molecule has 7 heteroatoms. The van der Waals surface area contributed by atoms with Gasteiger partial charge < -0.3 is 14.8 Å². The summed E-state index contributed by atoms with van der Waals surface area (Å²) in [5.41, 5.74) is 2.87. The van der Waals surface area contributed by atoms with E-state index in [4.69, 9.17) is 9.47 Å². The van der Waals surface area contributed by atoms with E-state index in [-0.39, 0.29) is 18.1 Å². The second-order valence-corrected chi connectivity index (χ2v) is 6.58. The van der Waals surface area contributed by atoms with Gasteiger partial charge in [-0.15, -0.1) is 0 Å². The van der Waals surface area contributed by atoms with Gasteiger partial charge in [-0.2, -0.15) is 0 Å². The molecule has 0 bridgehead atoms. The first kappa shape index (κ1) is 19.5. The molecule has 3 rings (SSSR count). The fourth-order valence-corrected chi connectivity index (χ4v) is 3.31. The van der Waals surface area contributed by atoms with Crippen LogP contribution in [-0.4, -0.2) is 29.3 Å². The van der Waals surface area contributed by atoms with Crippen molar-refractivity contribution in [2.75, 3.05) is 19.5 Å². The highest BCUT2D eigenvalue weighted by molar-refractivity contribution is 5.92. The van der Waals surface area contributed by atoms with Gasteiger partial charge in [0.1, 0.15) is 6.54 Å². The summed E-state index contributed by atoms with van der Waals surface area (Å²) in [5.74, 6) is 0.841. The normalized spacial score (nSPS) is 10.9. The summed E-state index contributed by atoms with van der Waals surface area (Å²) in [4.78, 5) is 25.5. The topological polar surface area (TPSA) is 74.5 Å². The molecule has 0 aliphatic rings. The largest absolute Gasteiger partial charge is 0.493 e. The van der Waals surface area contributed by atoms with Crippen molar-refractivity contribution in [2.45, 2.75) is 33.4 Å². The van der Waals surface area contributed by atoms with Crippen molar-refractivity contribution in [2.24, 2.45) is 0 Å². The number of carbonyl (C=O) groups is 1. The Morgan fingerprint density at radius 2 is 1.64 bits per heavy atom. The van der Waals surface area contributed by atoms with Crippen LogP contribution in [0.2, 0.25) is 0 Å². The van der Waals surface area contributed by atoms with E-state index >= 15 is 0 Å². The lowest BCUT2D eigenvalue weighted by atomic mass is 10.1. The standard InChI is InChI=1S/C21H25N3O4/c1-5-10-23-16-8-6-7-9-17(16)24(21(23)26)13-20(25)22-15-12-19(28-4)18(27-3)11-14(15)2/h6-9,11-12H,5,10,13H2,1-4H3,(H,22,25). The van der Waals surface area contributed by atoms with E-state index < -0.39 is 0 Å². The Kier molecular flexibility index (Phi) is 5.73. The maximum Gasteiger partial charge on any atom is 0.329 e. The first-order valence-electron chi connectivity index (χ1n) is 9.20. The quantitative estimate of drug-likeness (QED) is 0.680. The van der Waals surface area contributed by atoms with Crippen LogP contribution in [0.1, 0.15) is 18.9 Å². The monoisotopic (exact) mass is 383 g/mol. The third-order valence-electron chi connectivity index (χ3n) is 4.68. The van der Waals surface area contributed by atoms with Crippen LogP contribution < -0.4 is 20.5 Å². The lowest BCUT2D eigenvalue weighted by Gasteiger charge is -2.14. The number of nitrogens with one attached hydrogen (secondary N) is 1. The van der Waals surface area contributed by atoms with Gasteiger partial charge in [0.05, 0.1) is 25.3 Å². The van der Waals surface area contributed by atoms with Gasteiger partial charge in [0.25, 0.3) is 0 Å². The average molecular weight is 383 g/mol. The van der Waals surface area contributed by atoms with Crippen LogP contribution in [0.5, 0.6) is 11.5 Å². The zero-order chi connectivity index (χ0) is 20.3. The van der Waals surface area contributed by atoms with E-state index in [2.05, 4.69) is 5.32 Å². The Labute approximate surface area is 163 Å². The number of aryl methyl sites for hydroxylation is 2. The van der Waals surface area contributed by atoms with Crippen LogP contribution in [0, 0.1) is 6.92 Å². The van der Waals surface area contributed by atoms with Crippen molar-refractivity contribution in [3.63, 3.8) is 0 Å². The molecule has 3 aromatic rings. The molecule has 0 aliphatic carbocycles. The van der Waals surface area contributed by atoms with Crippen LogP contribution in [0.15, 0.2) is 41.2 Å². The Morgan fingerprint density at radius 1 is 1.04 bits per heavy atom. The minimum Gasteiger partial charge on any atom is -0.493 e. The van der Waals surface area contributed by atoms with Crippen molar-refractivity contribution in [3.05, 3.63) is 52.4 Å². The van der Waals surface area contributed by atoms with Crippen molar-refractivity contribution >= 4 is 22.6 Å². The second-order valence-electron chi connectivity index (χ2n) is 6.58. The van der Waals surface area contributed by atoms with Crippen LogP contribution >= 0.6 is 0 Å². The first-order chi connectivity index (χ1) is 13.5. The maximum atomic E-state index is 12.8. The van der Waals surface area contributed by atoms with E-state index in [1.807, 2.05) is 38.1 Å². The Balaban J connectivity index is 1.91. The smallest absolute Gasteiger partial charge is 0.329 e. The lowest BCUT2D eigenvalue weighted by molar-refractivity contribution is -0.116. The highest BCUT2D eigenvalue weighted by Gasteiger charge is 2.16. The number of aromatic nitrogens is 2. The number of fused-ring (bicyclic) bond motifs is 1. The molecule has 1 amide bonds. The predicted octanol–water partition coefficient (Wildman–Crippen LogP) is 3.18. The molecule has 0 saturated heterocycles. The molecule has 0 radical (unpaired) electrons. The maximum absolute atomic E-state index is 12.8. The van der Waals surface area contributed by atoms with Gasteiger partial charge >= 0.3 is 5.69 Å². The number of hydrogen-bond donors (Lipinski definition) is 1. The third-order valence-corrected chi connectivity index (χ3v) is 4.68. The summed E-state index contributed by atoms with van der Waals surface area (Å²) in [6, 6.07) is 11.0. The Morgan fingerprint density at radius 3 is 2.25 bits per heavy atom. The average Bonchev–Trinajstić information content (AvgIpc) is 2.95. The molecule has 148 valence electrons.